The largest absolute Gasteiger partial charge is 0.497 e. The number of nitrogens with two attached hydrogens (primary N) is 1. The van der Waals surface area contributed by atoms with Gasteiger partial charge in [0.05, 0.1) is 7.11 Å². The highest BCUT2D eigenvalue weighted by Crippen LogP contribution is 2.26. The first-order valence-corrected chi connectivity index (χ1v) is 7.27. The molecule has 0 radical (unpaired) electrons. The number of nitrogens with zero attached hydrogens (tertiary/aromatic N) is 2. The van der Waals surface area contributed by atoms with Crippen molar-refractivity contribution >= 4 is 27.4 Å². The number of aromatic nitrogens is 1. The number of hydrogen-bond acceptors (Lipinski definition) is 4. The van der Waals surface area contributed by atoms with E-state index in [1.165, 1.54) is 0 Å². The fourth-order valence-corrected chi connectivity index (χ4v) is 2.15. The van der Waals surface area contributed by atoms with Crippen molar-refractivity contribution in [1.29, 1.82) is 0 Å². The molecule has 106 valence electrons. The molecule has 0 bridgehead atoms. The zero-order chi connectivity index (χ0) is 14.4. The summed E-state index contributed by atoms with van der Waals surface area (Å²) in [5, 5.41) is 0. The van der Waals surface area contributed by atoms with Crippen molar-refractivity contribution in [2.45, 2.75) is 6.42 Å². The maximum Gasteiger partial charge on any atom is 0.132 e. The molecule has 0 aliphatic carbocycles. The number of halogens is 1. The van der Waals surface area contributed by atoms with Gasteiger partial charge in [0.15, 0.2) is 0 Å². The van der Waals surface area contributed by atoms with Gasteiger partial charge in [-0.25, -0.2) is 4.98 Å². The van der Waals surface area contributed by atoms with E-state index in [-0.39, 0.29) is 0 Å². The van der Waals surface area contributed by atoms with E-state index in [0.29, 0.717) is 6.54 Å². The highest BCUT2D eigenvalue weighted by Gasteiger charge is 2.10. The van der Waals surface area contributed by atoms with Crippen LogP contribution in [-0.2, 0) is 0 Å². The second-order valence-corrected chi connectivity index (χ2v) is 5.24. The van der Waals surface area contributed by atoms with Crippen LogP contribution >= 0.6 is 15.9 Å². The topological polar surface area (TPSA) is 51.4 Å². The molecule has 0 saturated heterocycles. The van der Waals surface area contributed by atoms with Crippen LogP contribution in [0.5, 0.6) is 5.75 Å². The molecule has 0 aliphatic heterocycles. The quantitative estimate of drug-likeness (QED) is 0.879. The third-order valence-electron chi connectivity index (χ3n) is 2.96. The van der Waals surface area contributed by atoms with E-state index in [1.807, 2.05) is 36.4 Å². The molecule has 2 rings (SSSR count). The molecule has 0 saturated carbocycles. The van der Waals surface area contributed by atoms with Crippen LogP contribution < -0.4 is 15.4 Å². The molecule has 0 aliphatic rings. The summed E-state index contributed by atoms with van der Waals surface area (Å²) >= 11 is 3.40. The van der Waals surface area contributed by atoms with Crippen LogP contribution in [-0.4, -0.2) is 25.2 Å². The van der Waals surface area contributed by atoms with Crippen molar-refractivity contribution in [3.8, 4) is 5.75 Å². The first kappa shape index (κ1) is 14.8. The Morgan fingerprint density at radius 2 is 1.95 bits per heavy atom. The van der Waals surface area contributed by atoms with Gasteiger partial charge in [-0.3, -0.25) is 0 Å². The van der Waals surface area contributed by atoms with Gasteiger partial charge in [0, 0.05) is 22.9 Å². The molecule has 20 heavy (non-hydrogen) atoms. The minimum atomic E-state index is 0.656. The van der Waals surface area contributed by atoms with Crippen LogP contribution in [0.3, 0.4) is 0 Å². The van der Waals surface area contributed by atoms with Crippen LogP contribution in [0.2, 0.25) is 0 Å². The molecule has 2 N–H and O–H groups in total. The normalized spacial score (nSPS) is 10.3. The molecule has 0 spiro atoms. The van der Waals surface area contributed by atoms with E-state index in [4.69, 9.17) is 10.5 Å². The molecule has 2 aromatic rings. The van der Waals surface area contributed by atoms with E-state index in [2.05, 4.69) is 25.8 Å². The number of ether oxygens (including phenoxy) is 1. The lowest BCUT2D eigenvalue weighted by Crippen LogP contribution is -2.21. The summed E-state index contributed by atoms with van der Waals surface area (Å²) in [7, 11) is 1.66. The number of benzene rings is 1. The Labute approximate surface area is 127 Å². The molecule has 0 fully saturated rings. The lowest BCUT2D eigenvalue weighted by Gasteiger charge is -2.24. The van der Waals surface area contributed by atoms with E-state index in [9.17, 15) is 0 Å². The van der Waals surface area contributed by atoms with Gasteiger partial charge >= 0.3 is 0 Å². The summed E-state index contributed by atoms with van der Waals surface area (Å²) in [5.74, 6) is 1.75. The third kappa shape index (κ3) is 3.71. The first-order valence-electron chi connectivity index (χ1n) is 6.48. The van der Waals surface area contributed by atoms with E-state index < -0.39 is 0 Å². The predicted molar refractivity (Wildman–Crippen MR) is 85.6 cm³/mol. The zero-order valence-electron chi connectivity index (χ0n) is 11.4. The second-order valence-electron chi connectivity index (χ2n) is 4.33. The van der Waals surface area contributed by atoms with Gasteiger partial charge in [-0.05, 0) is 65.3 Å². The van der Waals surface area contributed by atoms with Crippen molar-refractivity contribution < 1.29 is 4.74 Å². The molecule has 5 heteroatoms. The molecule has 0 amide bonds. The minimum absolute atomic E-state index is 0.656. The maximum absolute atomic E-state index is 5.63. The number of anilines is 2. The van der Waals surface area contributed by atoms with E-state index in [0.717, 1.165) is 34.7 Å². The van der Waals surface area contributed by atoms with Crippen molar-refractivity contribution in [3.63, 3.8) is 0 Å². The fraction of sp³-hybridized carbons (Fsp3) is 0.267. The predicted octanol–water partition coefficient (Wildman–Crippen LogP) is 3.34. The Morgan fingerprint density at radius 1 is 1.20 bits per heavy atom. The number of pyridine rings is 1. The SMILES string of the molecule is COc1ccc(N(CCCN)c2ccc(Br)cn2)cc1. The van der Waals surface area contributed by atoms with Gasteiger partial charge in [0.25, 0.3) is 0 Å². The van der Waals surface area contributed by atoms with Crippen LogP contribution in [0, 0.1) is 0 Å². The van der Waals surface area contributed by atoms with Crippen LogP contribution in [0.1, 0.15) is 6.42 Å². The summed E-state index contributed by atoms with van der Waals surface area (Å²) in [6.07, 6.45) is 2.71. The molecule has 1 aromatic carbocycles. The molecule has 0 atom stereocenters. The summed E-state index contributed by atoms with van der Waals surface area (Å²) < 4.78 is 6.16. The highest BCUT2D eigenvalue weighted by atomic mass is 79.9. The molecular weight excluding hydrogens is 318 g/mol. The van der Waals surface area contributed by atoms with Gasteiger partial charge in [0.1, 0.15) is 11.6 Å². The Bertz CT molecular complexity index is 528. The molecule has 4 nitrogen and oxygen atoms in total. The summed E-state index contributed by atoms with van der Waals surface area (Å²) in [6, 6.07) is 11.9. The van der Waals surface area contributed by atoms with Gasteiger partial charge in [-0.15, -0.1) is 0 Å². The van der Waals surface area contributed by atoms with Gasteiger partial charge < -0.3 is 15.4 Å². The summed E-state index contributed by atoms with van der Waals surface area (Å²) in [6.45, 7) is 1.49. The molecule has 1 heterocycles. The van der Waals surface area contributed by atoms with E-state index in [1.54, 1.807) is 13.3 Å². The number of hydrogen-bond donors (Lipinski definition) is 1. The lowest BCUT2D eigenvalue weighted by molar-refractivity contribution is 0.415. The highest BCUT2D eigenvalue weighted by molar-refractivity contribution is 9.10. The Balaban J connectivity index is 2.27. The first-order chi connectivity index (χ1) is 9.74. The van der Waals surface area contributed by atoms with Gasteiger partial charge in [-0.1, -0.05) is 0 Å². The minimum Gasteiger partial charge on any atom is -0.497 e. The maximum atomic E-state index is 5.63. The summed E-state index contributed by atoms with van der Waals surface area (Å²) in [4.78, 5) is 6.61. The molecule has 1 aromatic heterocycles. The van der Waals surface area contributed by atoms with Crippen molar-refractivity contribution in [1.82, 2.24) is 4.98 Å². The second kappa shape index (κ2) is 7.26. The zero-order valence-corrected chi connectivity index (χ0v) is 13.0. The van der Waals surface area contributed by atoms with Crippen LogP contribution in [0.15, 0.2) is 47.1 Å². The van der Waals surface area contributed by atoms with Crippen molar-refractivity contribution in [2.75, 3.05) is 25.1 Å². The standard InChI is InChI=1S/C15H18BrN3O/c1-20-14-6-4-13(5-7-14)19(10-2-9-17)15-8-3-12(16)11-18-15/h3-8,11H,2,9-10,17H2,1H3. The van der Waals surface area contributed by atoms with Crippen LogP contribution in [0.25, 0.3) is 0 Å². The van der Waals surface area contributed by atoms with Crippen molar-refractivity contribution in [3.05, 3.63) is 47.1 Å². The molecule has 0 unspecified atom stereocenters. The number of methoxy groups -OCH3 is 1. The monoisotopic (exact) mass is 335 g/mol. The Kier molecular flexibility index (Phi) is 5.38. The third-order valence-corrected chi connectivity index (χ3v) is 3.43. The average molecular weight is 336 g/mol. The van der Waals surface area contributed by atoms with Gasteiger partial charge in [0.2, 0.25) is 0 Å². The fourth-order valence-electron chi connectivity index (χ4n) is 1.92. The molecular formula is C15H18BrN3O. The Morgan fingerprint density at radius 3 is 2.50 bits per heavy atom. The average Bonchev–Trinajstić information content (AvgIpc) is 2.50. The van der Waals surface area contributed by atoms with Crippen molar-refractivity contribution in [2.24, 2.45) is 5.73 Å². The van der Waals surface area contributed by atoms with Crippen LogP contribution in [0.4, 0.5) is 11.5 Å². The van der Waals surface area contributed by atoms with E-state index >= 15 is 0 Å². The smallest absolute Gasteiger partial charge is 0.132 e. The summed E-state index contributed by atoms with van der Waals surface area (Å²) in [5.41, 5.74) is 6.71. The lowest BCUT2D eigenvalue weighted by atomic mass is 10.2. The Hall–Kier alpha value is -1.59. The number of rotatable bonds is 6. The van der Waals surface area contributed by atoms with Gasteiger partial charge in [-0.2, -0.15) is 0 Å².